The van der Waals surface area contributed by atoms with E-state index in [4.69, 9.17) is 15.2 Å². The number of methoxy groups -OCH3 is 2. The first-order chi connectivity index (χ1) is 8.56. The fourth-order valence-electron chi connectivity index (χ4n) is 1.98. The number of hydrogen-bond donors (Lipinski definition) is 2. The molecule has 3 N–H and O–H groups in total. The predicted octanol–water partition coefficient (Wildman–Crippen LogP) is 2.29. The van der Waals surface area contributed by atoms with Crippen molar-refractivity contribution in [2.24, 2.45) is 0 Å². The average Bonchev–Trinajstić information content (AvgIpc) is 2.68. The third-order valence-corrected chi connectivity index (χ3v) is 2.88. The first kappa shape index (κ1) is 12.3. The van der Waals surface area contributed by atoms with Crippen molar-refractivity contribution in [3.05, 3.63) is 23.4 Å². The minimum atomic E-state index is 0.393. The molecule has 96 valence electrons. The number of nitrogens with zero attached hydrogens (tertiary/aromatic N) is 1. The van der Waals surface area contributed by atoms with Crippen molar-refractivity contribution in [3.8, 4) is 22.8 Å². The SMILES string of the molecule is COc1cc(-c2nc(N)[nH]c2C)c(OC)cc1C. The Morgan fingerprint density at radius 2 is 1.78 bits per heavy atom. The number of aryl methyl sites for hydroxylation is 2. The van der Waals surface area contributed by atoms with Gasteiger partial charge in [0.05, 0.1) is 19.9 Å². The number of aromatic nitrogens is 2. The molecule has 0 bridgehead atoms. The van der Waals surface area contributed by atoms with Crippen LogP contribution in [0.25, 0.3) is 11.3 Å². The Morgan fingerprint density at radius 3 is 2.28 bits per heavy atom. The molecule has 1 heterocycles. The van der Waals surface area contributed by atoms with Crippen molar-refractivity contribution < 1.29 is 9.47 Å². The van der Waals surface area contributed by atoms with Crippen LogP contribution in [-0.4, -0.2) is 24.2 Å². The van der Waals surface area contributed by atoms with Gasteiger partial charge in [-0.15, -0.1) is 0 Å². The number of nitrogen functional groups attached to an aromatic ring is 1. The van der Waals surface area contributed by atoms with Crippen molar-refractivity contribution in [2.75, 3.05) is 20.0 Å². The zero-order valence-corrected chi connectivity index (χ0v) is 11.0. The maximum absolute atomic E-state index is 5.67. The Kier molecular flexibility index (Phi) is 3.14. The number of aromatic amines is 1. The van der Waals surface area contributed by atoms with E-state index in [9.17, 15) is 0 Å². The molecule has 0 saturated carbocycles. The van der Waals surface area contributed by atoms with E-state index in [1.54, 1.807) is 14.2 Å². The van der Waals surface area contributed by atoms with Gasteiger partial charge in [-0.25, -0.2) is 4.98 Å². The Bertz CT molecular complexity index is 576. The number of anilines is 1. The topological polar surface area (TPSA) is 73.2 Å². The number of nitrogens with one attached hydrogen (secondary N) is 1. The summed E-state index contributed by atoms with van der Waals surface area (Å²) >= 11 is 0. The highest BCUT2D eigenvalue weighted by molar-refractivity contribution is 5.73. The smallest absolute Gasteiger partial charge is 0.198 e. The minimum absolute atomic E-state index is 0.393. The molecule has 1 aromatic carbocycles. The van der Waals surface area contributed by atoms with E-state index in [1.807, 2.05) is 26.0 Å². The van der Waals surface area contributed by atoms with E-state index >= 15 is 0 Å². The summed E-state index contributed by atoms with van der Waals surface area (Å²) in [5, 5.41) is 0. The molecule has 2 aromatic rings. The number of H-pyrrole nitrogens is 1. The lowest BCUT2D eigenvalue weighted by Gasteiger charge is -2.12. The molecule has 0 aliphatic heterocycles. The van der Waals surface area contributed by atoms with Crippen LogP contribution in [0.5, 0.6) is 11.5 Å². The lowest BCUT2D eigenvalue weighted by Crippen LogP contribution is -1.94. The fourth-order valence-corrected chi connectivity index (χ4v) is 1.98. The summed E-state index contributed by atoms with van der Waals surface area (Å²) < 4.78 is 10.7. The van der Waals surface area contributed by atoms with Gasteiger partial charge in [0.2, 0.25) is 0 Å². The molecule has 0 aliphatic rings. The molecule has 0 amide bonds. The average molecular weight is 247 g/mol. The number of benzene rings is 1. The zero-order chi connectivity index (χ0) is 13.3. The molecule has 0 spiro atoms. The van der Waals surface area contributed by atoms with Gasteiger partial charge in [-0.3, -0.25) is 0 Å². The van der Waals surface area contributed by atoms with E-state index < -0.39 is 0 Å². The van der Waals surface area contributed by atoms with E-state index in [0.29, 0.717) is 5.95 Å². The van der Waals surface area contributed by atoms with Gasteiger partial charge in [0, 0.05) is 11.3 Å². The van der Waals surface area contributed by atoms with Gasteiger partial charge < -0.3 is 20.2 Å². The van der Waals surface area contributed by atoms with Gasteiger partial charge in [-0.05, 0) is 31.5 Å². The maximum atomic E-state index is 5.67. The highest BCUT2D eigenvalue weighted by Gasteiger charge is 2.15. The number of rotatable bonds is 3. The highest BCUT2D eigenvalue weighted by atomic mass is 16.5. The third kappa shape index (κ3) is 1.99. The Labute approximate surface area is 106 Å². The van der Waals surface area contributed by atoms with Crippen LogP contribution in [-0.2, 0) is 0 Å². The Morgan fingerprint density at radius 1 is 1.11 bits per heavy atom. The first-order valence-electron chi connectivity index (χ1n) is 5.62. The van der Waals surface area contributed by atoms with Crippen molar-refractivity contribution in [1.29, 1.82) is 0 Å². The van der Waals surface area contributed by atoms with Gasteiger partial charge in [-0.1, -0.05) is 0 Å². The Hall–Kier alpha value is -2.17. The summed E-state index contributed by atoms with van der Waals surface area (Å²) in [5.74, 6) is 1.94. The molecular formula is C13H17N3O2. The van der Waals surface area contributed by atoms with Crippen LogP contribution in [0.1, 0.15) is 11.3 Å². The second-order valence-electron chi connectivity index (χ2n) is 4.12. The van der Waals surface area contributed by atoms with Gasteiger partial charge in [0.1, 0.15) is 11.5 Å². The van der Waals surface area contributed by atoms with Crippen LogP contribution in [0.15, 0.2) is 12.1 Å². The van der Waals surface area contributed by atoms with Crippen LogP contribution in [0.3, 0.4) is 0 Å². The molecule has 5 nitrogen and oxygen atoms in total. The van der Waals surface area contributed by atoms with E-state index in [-0.39, 0.29) is 0 Å². The molecule has 5 heteroatoms. The molecule has 0 fully saturated rings. The summed E-state index contributed by atoms with van der Waals surface area (Å²) in [6.07, 6.45) is 0. The van der Waals surface area contributed by atoms with Crippen molar-refractivity contribution in [2.45, 2.75) is 13.8 Å². The second kappa shape index (κ2) is 4.60. The number of hydrogen-bond acceptors (Lipinski definition) is 4. The standard InChI is InChI=1S/C13H17N3O2/c1-7-5-11(18-4)9(6-10(7)17-3)12-8(2)15-13(14)16-12/h5-6H,1-4H3,(H3,14,15,16). The monoisotopic (exact) mass is 247 g/mol. The van der Waals surface area contributed by atoms with Crippen LogP contribution in [0.4, 0.5) is 5.95 Å². The lowest BCUT2D eigenvalue weighted by molar-refractivity contribution is 0.401. The van der Waals surface area contributed by atoms with Gasteiger partial charge >= 0.3 is 0 Å². The van der Waals surface area contributed by atoms with Gasteiger partial charge in [-0.2, -0.15) is 0 Å². The third-order valence-electron chi connectivity index (χ3n) is 2.88. The second-order valence-corrected chi connectivity index (χ2v) is 4.12. The van der Waals surface area contributed by atoms with Crippen molar-refractivity contribution >= 4 is 5.95 Å². The summed E-state index contributed by atoms with van der Waals surface area (Å²) in [6, 6.07) is 3.84. The molecule has 2 rings (SSSR count). The molecule has 0 unspecified atom stereocenters. The Balaban J connectivity index is 2.65. The zero-order valence-electron chi connectivity index (χ0n) is 11.0. The number of nitrogens with two attached hydrogens (primary N) is 1. The van der Waals surface area contributed by atoms with Crippen LogP contribution >= 0.6 is 0 Å². The quantitative estimate of drug-likeness (QED) is 0.872. The van der Waals surface area contributed by atoms with Crippen LogP contribution in [0.2, 0.25) is 0 Å². The van der Waals surface area contributed by atoms with Crippen LogP contribution in [0, 0.1) is 13.8 Å². The molecule has 1 aromatic heterocycles. The highest BCUT2D eigenvalue weighted by Crippen LogP contribution is 2.36. The predicted molar refractivity (Wildman–Crippen MR) is 71.0 cm³/mol. The number of imidazole rings is 1. The van der Waals surface area contributed by atoms with Gasteiger partial charge in [0.15, 0.2) is 5.95 Å². The molecule has 18 heavy (non-hydrogen) atoms. The van der Waals surface area contributed by atoms with E-state index in [0.717, 1.165) is 34.0 Å². The summed E-state index contributed by atoms with van der Waals surface area (Å²) in [7, 11) is 3.28. The summed E-state index contributed by atoms with van der Waals surface area (Å²) in [5.41, 5.74) is 9.23. The molecular weight excluding hydrogens is 230 g/mol. The largest absolute Gasteiger partial charge is 0.496 e. The summed E-state index contributed by atoms with van der Waals surface area (Å²) in [4.78, 5) is 7.26. The van der Waals surface area contributed by atoms with E-state index in [2.05, 4.69) is 9.97 Å². The van der Waals surface area contributed by atoms with Gasteiger partial charge in [0.25, 0.3) is 0 Å². The first-order valence-corrected chi connectivity index (χ1v) is 5.62. The molecule has 0 aliphatic carbocycles. The molecule has 0 saturated heterocycles. The summed E-state index contributed by atoms with van der Waals surface area (Å²) in [6.45, 7) is 3.89. The maximum Gasteiger partial charge on any atom is 0.198 e. The van der Waals surface area contributed by atoms with Crippen molar-refractivity contribution in [3.63, 3.8) is 0 Å². The molecule has 0 atom stereocenters. The normalized spacial score (nSPS) is 10.4. The fraction of sp³-hybridized carbons (Fsp3) is 0.308. The lowest BCUT2D eigenvalue weighted by atomic mass is 10.1. The number of ether oxygens (including phenoxy) is 2. The van der Waals surface area contributed by atoms with Crippen LogP contribution < -0.4 is 15.2 Å². The van der Waals surface area contributed by atoms with E-state index in [1.165, 1.54) is 0 Å². The minimum Gasteiger partial charge on any atom is -0.496 e. The van der Waals surface area contributed by atoms with Crippen molar-refractivity contribution in [1.82, 2.24) is 9.97 Å². The molecule has 0 radical (unpaired) electrons.